The normalized spacial score (nSPS) is 17.8. The molecule has 2 aliphatic carbocycles. The highest BCUT2D eigenvalue weighted by Gasteiger charge is 2.25. The molecule has 1 N–H and O–H groups in total. The fraction of sp³-hybridized carbons (Fsp3) is 0.258. The molecule has 0 spiro atoms. The van der Waals surface area contributed by atoms with Crippen molar-refractivity contribution in [2.75, 3.05) is 5.32 Å². The van der Waals surface area contributed by atoms with Crippen LogP contribution in [0.4, 0.5) is 5.69 Å². The second-order valence-corrected chi connectivity index (χ2v) is 10.00. The number of aromatic nitrogens is 4. The first-order valence-electron chi connectivity index (χ1n) is 13.2. The highest BCUT2D eigenvalue weighted by atomic mass is 16.1. The molecular formula is C31H30N6O. The quantitative estimate of drug-likeness (QED) is 0.403. The molecule has 1 atom stereocenters. The van der Waals surface area contributed by atoms with Gasteiger partial charge in [-0.1, -0.05) is 42.5 Å². The van der Waals surface area contributed by atoms with Gasteiger partial charge in [0.2, 0.25) is 0 Å². The molecule has 2 aromatic heterocycles. The monoisotopic (exact) mass is 502 g/mol. The number of nitrogens with zero attached hydrogens (tertiary/aromatic N) is 5. The van der Waals surface area contributed by atoms with Crippen LogP contribution in [-0.2, 0) is 4.79 Å². The van der Waals surface area contributed by atoms with E-state index in [0.29, 0.717) is 23.7 Å². The van der Waals surface area contributed by atoms with Crippen molar-refractivity contribution in [1.29, 1.82) is 0 Å². The Kier molecular flexibility index (Phi) is 6.65. The van der Waals surface area contributed by atoms with E-state index in [9.17, 15) is 4.79 Å². The molecule has 1 unspecified atom stereocenters. The van der Waals surface area contributed by atoms with Gasteiger partial charge < -0.3 is 9.88 Å². The average molecular weight is 503 g/mol. The fourth-order valence-electron chi connectivity index (χ4n) is 4.93. The Balaban J connectivity index is 1.20. The summed E-state index contributed by atoms with van der Waals surface area (Å²) in [5.74, 6) is 1.12. The zero-order valence-corrected chi connectivity index (χ0v) is 21.4. The molecule has 1 amide bonds. The molecule has 0 saturated heterocycles. The van der Waals surface area contributed by atoms with Gasteiger partial charge in [-0.25, -0.2) is 0 Å². The van der Waals surface area contributed by atoms with Crippen molar-refractivity contribution in [1.82, 2.24) is 19.7 Å². The van der Waals surface area contributed by atoms with Crippen LogP contribution in [0.2, 0.25) is 0 Å². The van der Waals surface area contributed by atoms with Crippen LogP contribution in [0.1, 0.15) is 62.2 Å². The largest absolute Gasteiger partial charge is 0.321 e. The lowest BCUT2D eigenvalue weighted by atomic mass is 9.98. The van der Waals surface area contributed by atoms with Crippen molar-refractivity contribution in [3.63, 3.8) is 0 Å². The molecule has 1 aliphatic heterocycles. The van der Waals surface area contributed by atoms with Crippen LogP contribution in [0.3, 0.4) is 0 Å². The molecule has 1 aromatic carbocycles. The molecular weight excluding hydrogens is 472 g/mol. The lowest BCUT2D eigenvalue weighted by Crippen LogP contribution is -2.21. The van der Waals surface area contributed by atoms with Gasteiger partial charge in [0.1, 0.15) is 12.0 Å². The Morgan fingerprint density at radius 3 is 2.84 bits per heavy atom. The summed E-state index contributed by atoms with van der Waals surface area (Å²) in [7, 11) is 0. The number of hydrogen-bond acceptors (Lipinski definition) is 5. The van der Waals surface area contributed by atoms with Gasteiger partial charge in [-0.3, -0.25) is 14.8 Å². The standard InChI is InChI=1S/C31H30N6O/c1-21(22-7-3-2-4-8-22)37-20-34-36-30(37)25-9-5-11-27(17-25)35-31(38)29-18-24(10-6-16-32-29)26-14-15-28(33-19-26)23-12-13-23/h2-3,5-7,9,11,14-21,23H,4,8,10,12-13H2,1H3,(H,35,38). The number of carbonyl (C=O) groups excluding carboxylic acids is 1. The molecule has 7 heteroatoms. The van der Waals surface area contributed by atoms with Gasteiger partial charge in [0.25, 0.3) is 5.91 Å². The zero-order chi connectivity index (χ0) is 25.9. The zero-order valence-electron chi connectivity index (χ0n) is 21.4. The van der Waals surface area contributed by atoms with E-state index in [0.717, 1.165) is 41.1 Å². The van der Waals surface area contributed by atoms with Crippen LogP contribution in [0.15, 0.2) is 96.1 Å². The molecule has 3 aliphatic rings. The van der Waals surface area contributed by atoms with Crippen LogP contribution in [0, 0.1) is 0 Å². The van der Waals surface area contributed by atoms with Crippen molar-refractivity contribution in [2.45, 2.75) is 51.0 Å². The van der Waals surface area contributed by atoms with E-state index in [1.165, 1.54) is 18.4 Å². The summed E-state index contributed by atoms with van der Waals surface area (Å²) < 4.78 is 2.09. The molecule has 3 heterocycles. The van der Waals surface area contributed by atoms with Crippen molar-refractivity contribution < 1.29 is 4.79 Å². The molecule has 0 bridgehead atoms. The number of carbonyl (C=O) groups is 1. The lowest BCUT2D eigenvalue weighted by Gasteiger charge is -2.20. The Bertz CT molecular complexity index is 1500. The van der Waals surface area contributed by atoms with E-state index in [4.69, 9.17) is 0 Å². The maximum absolute atomic E-state index is 13.2. The minimum Gasteiger partial charge on any atom is -0.321 e. The molecule has 0 radical (unpaired) electrons. The summed E-state index contributed by atoms with van der Waals surface area (Å²) in [5.41, 5.74) is 6.46. The summed E-state index contributed by atoms with van der Waals surface area (Å²) in [6.07, 6.45) is 20.9. The third-order valence-corrected chi connectivity index (χ3v) is 7.30. The molecule has 1 fully saturated rings. The molecule has 1 saturated carbocycles. The van der Waals surface area contributed by atoms with Crippen molar-refractivity contribution >= 4 is 22.9 Å². The predicted molar refractivity (Wildman–Crippen MR) is 151 cm³/mol. The molecule has 3 aromatic rings. The summed E-state index contributed by atoms with van der Waals surface area (Å²) >= 11 is 0. The third kappa shape index (κ3) is 5.18. The van der Waals surface area contributed by atoms with Gasteiger partial charge in [-0.15, -0.1) is 10.2 Å². The van der Waals surface area contributed by atoms with Gasteiger partial charge >= 0.3 is 0 Å². The number of pyridine rings is 1. The second-order valence-electron chi connectivity index (χ2n) is 10.00. The second kappa shape index (κ2) is 10.5. The maximum Gasteiger partial charge on any atom is 0.274 e. The van der Waals surface area contributed by atoms with E-state index in [1.807, 2.05) is 42.6 Å². The first kappa shape index (κ1) is 24.0. The summed E-state index contributed by atoms with van der Waals surface area (Å²) in [4.78, 5) is 22.3. The summed E-state index contributed by atoms with van der Waals surface area (Å²) in [5, 5.41) is 11.6. The summed E-state index contributed by atoms with van der Waals surface area (Å²) in [6.45, 7) is 2.17. The number of hydrogen-bond donors (Lipinski definition) is 1. The van der Waals surface area contributed by atoms with Crippen LogP contribution < -0.4 is 5.32 Å². The Morgan fingerprint density at radius 2 is 2.05 bits per heavy atom. The van der Waals surface area contributed by atoms with E-state index in [2.05, 4.69) is 67.3 Å². The number of allylic oxidation sites excluding steroid dienone is 6. The number of benzene rings is 1. The van der Waals surface area contributed by atoms with Gasteiger partial charge in [0.15, 0.2) is 5.82 Å². The van der Waals surface area contributed by atoms with Gasteiger partial charge in [0, 0.05) is 35.3 Å². The van der Waals surface area contributed by atoms with Gasteiger partial charge in [0.05, 0.1) is 6.04 Å². The van der Waals surface area contributed by atoms with E-state index in [1.54, 1.807) is 12.5 Å². The van der Waals surface area contributed by atoms with Crippen LogP contribution >= 0.6 is 0 Å². The molecule has 38 heavy (non-hydrogen) atoms. The van der Waals surface area contributed by atoms with Crippen LogP contribution in [0.5, 0.6) is 0 Å². The first-order chi connectivity index (χ1) is 18.7. The Labute approximate surface area is 222 Å². The van der Waals surface area contributed by atoms with Crippen LogP contribution in [0.25, 0.3) is 17.0 Å². The van der Waals surface area contributed by atoms with Crippen molar-refractivity contribution in [3.8, 4) is 11.4 Å². The fourth-order valence-corrected chi connectivity index (χ4v) is 4.93. The Morgan fingerprint density at radius 1 is 1.13 bits per heavy atom. The number of anilines is 1. The van der Waals surface area contributed by atoms with E-state index >= 15 is 0 Å². The minimum atomic E-state index is -0.261. The van der Waals surface area contributed by atoms with E-state index in [-0.39, 0.29) is 11.9 Å². The predicted octanol–water partition coefficient (Wildman–Crippen LogP) is 6.44. The third-order valence-electron chi connectivity index (χ3n) is 7.30. The smallest absolute Gasteiger partial charge is 0.274 e. The Hall–Kier alpha value is -4.39. The number of nitrogens with one attached hydrogen (secondary N) is 1. The highest BCUT2D eigenvalue weighted by Crippen LogP contribution is 2.39. The lowest BCUT2D eigenvalue weighted by molar-refractivity contribution is -0.110. The molecule has 7 nitrogen and oxygen atoms in total. The average Bonchev–Trinajstić information content (AvgIpc) is 3.74. The van der Waals surface area contributed by atoms with Crippen LogP contribution in [-0.4, -0.2) is 31.4 Å². The number of amides is 1. The van der Waals surface area contributed by atoms with E-state index < -0.39 is 0 Å². The first-order valence-corrected chi connectivity index (χ1v) is 13.2. The minimum absolute atomic E-state index is 0.145. The maximum atomic E-state index is 13.2. The SMILES string of the molecule is CC(C1=CC=CCC1)n1cnnc1-c1cccc(NC(=O)C2=NC=CCC(c3ccc(C4CC4)nc3)=C2)c1. The topological polar surface area (TPSA) is 85.1 Å². The van der Waals surface area contributed by atoms with Crippen molar-refractivity contribution in [2.24, 2.45) is 4.99 Å². The van der Waals surface area contributed by atoms with Gasteiger partial charge in [-0.05, 0) is 80.0 Å². The molecule has 6 rings (SSSR count). The van der Waals surface area contributed by atoms with Crippen molar-refractivity contribution in [3.05, 3.63) is 102 Å². The molecule has 190 valence electrons. The number of aliphatic imine (C=N–C) groups is 1. The summed E-state index contributed by atoms with van der Waals surface area (Å²) in [6, 6.07) is 12.1. The van der Waals surface area contributed by atoms with Gasteiger partial charge in [-0.2, -0.15) is 0 Å². The number of rotatable bonds is 7. The highest BCUT2D eigenvalue weighted by molar-refractivity contribution is 6.48.